The molecule has 15 heavy (non-hydrogen) atoms. The standard InChI is InChI=1S/C8H10N2O4S/c1-10-8(12)6-3-2-5(4-7(6)11)15(9,13)14/h2-4,11H,1H3,(H,10,12)(H2,9,13,14). The van der Waals surface area contributed by atoms with Crippen molar-refractivity contribution in [1.29, 1.82) is 0 Å². The van der Waals surface area contributed by atoms with E-state index in [0.29, 0.717) is 0 Å². The molecule has 82 valence electrons. The minimum atomic E-state index is -3.87. The molecular formula is C8H10N2O4S. The van der Waals surface area contributed by atoms with Gasteiger partial charge in [-0.15, -0.1) is 0 Å². The van der Waals surface area contributed by atoms with Gasteiger partial charge in [-0.3, -0.25) is 4.79 Å². The van der Waals surface area contributed by atoms with Crippen molar-refractivity contribution >= 4 is 15.9 Å². The Bertz CT molecular complexity index is 495. The molecule has 0 unspecified atom stereocenters. The number of phenolic OH excluding ortho intramolecular Hbond substituents is 1. The number of hydrogen-bond acceptors (Lipinski definition) is 4. The zero-order valence-electron chi connectivity index (χ0n) is 7.89. The Balaban J connectivity index is 3.27. The van der Waals surface area contributed by atoms with E-state index in [2.05, 4.69) is 5.32 Å². The third-order valence-electron chi connectivity index (χ3n) is 1.77. The topological polar surface area (TPSA) is 109 Å². The fourth-order valence-corrected chi connectivity index (χ4v) is 1.55. The number of sulfonamides is 1. The monoisotopic (exact) mass is 230 g/mol. The average molecular weight is 230 g/mol. The molecule has 1 aromatic rings. The van der Waals surface area contributed by atoms with Gasteiger partial charge < -0.3 is 10.4 Å². The average Bonchev–Trinajstić information content (AvgIpc) is 2.15. The van der Waals surface area contributed by atoms with Crippen molar-refractivity contribution in [3.8, 4) is 5.75 Å². The van der Waals surface area contributed by atoms with E-state index in [0.717, 1.165) is 12.1 Å². The Labute approximate surface area is 86.8 Å². The Kier molecular flexibility index (Phi) is 2.96. The molecule has 0 spiro atoms. The highest BCUT2D eigenvalue weighted by Crippen LogP contribution is 2.20. The lowest BCUT2D eigenvalue weighted by molar-refractivity contribution is 0.0960. The van der Waals surface area contributed by atoms with Gasteiger partial charge in [-0.2, -0.15) is 0 Å². The maximum atomic E-state index is 11.1. The van der Waals surface area contributed by atoms with Gasteiger partial charge in [0.1, 0.15) is 5.75 Å². The molecule has 0 aliphatic heterocycles. The number of phenols is 1. The zero-order chi connectivity index (χ0) is 11.6. The molecule has 1 amide bonds. The van der Waals surface area contributed by atoms with Crippen LogP contribution in [0.4, 0.5) is 0 Å². The number of primary sulfonamides is 1. The van der Waals surface area contributed by atoms with E-state index in [-0.39, 0.29) is 10.5 Å². The molecule has 0 aliphatic rings. The van der Waals surface area contributed by atoms with Crippen LogP contribution in [0.2, 0.25) is 0 Å². The van der Waals surface area contributed by atoms with Crippen LogP contribution in [0, 0.1) is 0 Å². The van der Waals surface area contributed by atoms with Gasteiger partial charge in [0.25, 0.3) is 5.91 Å². The third-order valence-corrected chi connectivity index (χ3v) is 2.68. The number of amides is 1. The molecule has 0 saturated carbocycles. The van der Waals surface area contributed by atoms with E-state index < -0.39 is 21.7 Å². The first kappa shape index (κ1) is 11.5. The lowest BCUT2D eigenvalue weighted by Crippen LogP contribution is -2.18. The lowest BCUT2D eigenvalue weighted by atomic mass is 10.2. The molecule has 0 aliphatic carbocycles. The van der Waals surface area contributed by atoms with Crippen LogP contribution in [-0.2, 0) is 10.0 Å². The Hall–Kier alpha value is -1.60. The zero-order valence-corrected chi connectivity index (χ0v) is 8.71. The van der Waals surface area contributed by atoms with Crippen molar-refractivity contribution in [3.05, 3.63) is 23.8 Å². The summed E-state index contributed by atoms with van der Waals surface area (Å²) < 4.78 is 21.8. The molecule has 0 radical (unpaired) electrons. The van der Waals surface area contributed by atoms with Crippen molar-refractivity contribution < 1.29 is 18.3 Å². The van der Waals surface area contributed by atoms with Crippen LogP contribution in [-0.4, -0.2) is 26.5 Å². The summed E-state index contributed by atoms with van der Waals surface area (Å²) in [5.74, 6) is -0.936. The van der Waals surface area contributed by atoms with Crippen LogP contribution in [0.1, 0.15) is 10.4 Å². The van der Waals surface area contributed by atoms with Crippen molar-refractivity contribution in [2.24, 2.45) is 5.14 Å². The van der Waals surface area contributed by atoms with Crippen LogP contribution < -0.4 is 10.5 Å². The molecular weight excluding hydrogens is 220 g/mol. The predicted octanol–water partition coefficient (Wildman–Crippen LogP) is -0.601. The second-order valence-corrected chi connectivity index (χ2v) is 4.36. The van der Waals surface area contributed by atoms with E-state index in [1.807, 2.05) is 0 Å². The highest BCUT2D eigenvalue weighted by Gasteiger charge is 2.14. The molecule has 0 heterocycles. The highest BCUT2D eigenvalue weighted by atomic mass is 32.2. The molecule has 0 atom stereocenters. The summed E-state index contributed by atoms with van der Waals surface area (Å²) in [7, 11) is -2.47. The fourth-order valence-electron chi connectivity index (χ4n) is 1.02. The molecule has 0 saturated heterocycles. The number of benzene rings is 1. The van der Waals surface area contributed by atoms with Crippen molar-refractivity contribution in [1.82, 2.24) is 5.32 Å². The van der Waals surface area contributed by atoms with Gasteiger partial charge in [0, 0.05) is 13.1 Å². The van der Waals surface area contributed by atoms with Gasteiger partial charge in [0.05, 0.1) is 10.5 Å². The quantitative estimate of drug-likeness (QED) is 0.630. The molecule has 0 bridgehead atoms. The number of nitrogens with two attached hydrogens (primary N) is 1. The van der Waals surface area contributed by atoms with Crippen LogP contribution in [0.5, 0.6) is 5.75 Å². The number of aromatic hydroxyl groups is 1. The first-order chi connectivity index (χ1) is 6.86. The van der Waals surface area contributed by atoms with Gasteiger partial charge >= 0.3 is 0 Å². The van der Waals surface area contributed by atoms with Gasteiger partial charge in [0.15, 0.2) is 0 Å². The summed E-state index contributed by atoms with van der Waals surface area (Å²) in [4.78, 5) is 10.9. The van der Waals surface area contributed by atoms with E-state index in [9.17, 15) is 18.3 Å². The minimum absolute atomic E-state index is 0.00935. The second kappa shape index (κ2) is 3.87. The van der Waals surface area contributed by atoms with Crippen LogP contribution in [0.25, 0.3) is 0 Å². The SMILES string of the molecule is CNC(=O)c1ccc(S(N)(=O)=O)cc1O. The number of rotatable bonds is 2. The number of hydrogen-bond donors (Lipinski definition) is 3. The van der Waals surface area contributed by atoms with Crippen molar-refractivity contribution in [3.63, 3.8) is 0 Å². The Morgan fingerprint density at radius 3 is 2.47 bits per heavy atom. The van der Waals surface area contributed by atoms with Gasteiger partial charge in [-0.25, -0.2) is 13.6 Å². The van der Waals surface area contributed by atoms with Crippen LogP contribution in [0.3, 0.4) is 0 Å². The van der Waals surface area contributed by atoms with Crippen LogP contribution in [0.15, 0.2) is 23.1 Å². The first-order valence-electron chi connectivity index (χ1n) is 3.94. The summed E-state index contributed by atoms with van der Waals surface area (Å²) in [6.07, 6.45) is 0. The molecule has 1 rings (SSSR count). The molecule has 1 aromatic carbocycles. The Morgan fingerprint density at radius 2 is 2.07 bits per heavy atom. The van der Waals surface area contributed by atoms with Crippen molar-refractivity contribution in [2.75, 3.05) is 7.05 Å². The van der Waals surface area contributed by atoms with Gasteiger partial charge in [-0.05, 0) is 12.1 Å². The van der Waals surface area contributed by atoms with E-state index in [1.165, 1.54) is 13.1 Å². The maximum absolute atomic E-state index is 11.1. The Morgan fingerprint density at radius 1 is 1.47 bits per heavy atom. The number of nitrogens with one attached hydrogen (secondary N) is 1. The minimum Gasteiger partial charge on any atom is -0.507 e. The van der Waals surface area contributed by atoms with Crippen molar-refractivity contribution in [2.45, 2.75) is 4.90 Å². The highest BCUT2D eigenvalue weighted by molar-refractivity contribution is 7.89. The summed E-state index contributed by atoms with van der Waals surface area (Å²) in [6, 6.07) is 3.27. The largest absolute Gasteiger partial charge is 0.507 e. The number of carbonyl (C=O) groups is 1. The smallest absolute Gasteiger partial charge is 0.254 e. The number of carbonyl (C=O) groups excluding carboxylic acids is 1. The van der Waals surface area contributed by atoms with Crippen LogP contribution >= 0.6 is 0 Å². The molecule has 6 nitrogen and oxygen atoms in total. The third kappa shape index (κ3) is 2.45. The molecule has 4 N–H and O–H groups in total. The van der Waals surface area contributed by atoms with Gasteiger partial charge in [-0.1, -0.05) is 0 Å². The summed E-state index contributed by atoms with van der Waals surface area (Å²) in [5, 5.41) is 16.5. The second-order valence-electron chi connectivity index (χ2n) is 2.80. The summed E-state index contributed by atoms with van der Waals surface area (Å²) in [5.41, 5.74) is -0.00935. The summed E-state index contributed by atoms with van der Waals surface area (Å²) in [6.45, 7) is 0. The fraction of sp³-hybridized carbons (Fsp3) is 0.125. The van der Waals surface area contributed by atoms with E-state index in [1.54, 1.807) is 0 Å². The van der Waals surface area contributed by atoms with Gasteiger partial charge in [0.2, 0.25) is 10.0 Å². The predicted molar refractivity (Wildman–Crippen MR) is 52.9 cm³/mol. The first-order valence-corrected chi connectivity index (χ1v) is 5.49. The molecule has 0 aromatic heterocycles. The normalized spacial score (nSPS) is 11.1. The lowest BCUT2D eigenvalue weighted by Gasteiger charge is -2.04. The van der Waals surface area contributed by atoms with E-state index in [4.69, 9.17) is 5.14 Å². The maximum Gasteiger partial charge on any atom is 0.254 e. The molecule has 0 fully saturated rings. The van der Waals surface area contributed by atoms with E-state index >= 15 is 0 Å². The molecule has 7 heteroatoms. The summed E-state index contributed by atoms with van der Waals surface area (Å²) >= 11 is 0.